The standard InChI is InChI=1S/C19H28N4O2/c20-19(25)15-5-6-17(23-10-2-1-3-11-23)16(12-15)22-18(24)7-4-14-8-9-21-13-14/h5-6,12,14,21H,1-4,7-11,13H2,(H2,20,25)(H,22,24). The van der Waals surface area contributed by atoms with E-state index in [1.54, 1.807) is 12.1 Å². The van der Waals surface area contributed by atoms with Crippen LogP contribution in [0.15, 0.2) is 18.2 Å². The van der Waals surface area contributed by atoms with E-state index in [1.165, 1.54) is 6.42 Å². The number of primary amides is 1. The van der Waals surface area contributed by atoms with Gasteiger partial charge in [-0.25, -0.2) is 0 Å². The fourth-order valence-corrected chi connectivity index (χ4v) is 3.71. The second kappa shape index (κ2) is 8.34. The third kappa shape index (κ3) is 4.72. The second-order valence-electron chi connectivity index (χ2n) is 7.09. The average Bonchev–Trinajstić information content (AvgIpc) is 3.14. The number of piperidine rings is 1. The quantitative estimate of drug-likeness (QED) is 0.737. The Labute approximate surface area is 149 Å². The van der Waals surface area contributed by atoms with Crippen LogP contribution < -0.4 is 21.3 Å². The Morgan fingerprint density at radius 2 is 2.04 bits per heavy atom. The first-order valence-corrected chi connectivity index (χ1v) is 9.33. The van der Waals surface area contributed by atoms with Crippen molar-refractivity contribution >= 4 is 23.2 Å². The van der Waals surface area contributed by atoms with E-state index in [2.05, 4.69) is 15.5 Å². The number of rotatable bonds is 6. The summed E-state index contributed by atoms with van der Waals surface area (Å²) in [6, 6.07) is 5.36. The monoisotopic (exact) mass is 344 g/mol. The van der Waals surface area contributed by atoms with E-state index in [0.717, 1.165) is 57.5 Å². The van der Waals surface area contributed by atoms with Gasteiger partial charge in [0.1, 0.15) is 0 Å². The highest BCUT2D eigenvalue weighted by atomic mass is 16.2. The van der Waals surface area contributed by atoms with Gasteiger partial charge < -0.3 is 21.3 Å². The van der Waals surface area contributed by atoms with Crippen molar-refractivity contribution in [3.8, 4) is 0 Å². The fourth-order valence-electron chi connectivity index (χ4n) is 3.71. The van der Waals surface area contributed by atoms with E-state index in [4.69, 9.17) is 5.73 Å². The first kappa shape index (κ1) is 17.7. The maximum Gasteiger partial charge on any atom is 0.248 e. The normalized spacial score (nSPS) is 20.5. The number of benzene rings is 1. The number of carbonyl (C=O) groups is 2. The predicted molar refractivity (Wildman–Crippen MR) is 99.9 cm³/mol. The van der Waals surface area contributed by atoms with Crippen molar-refractivity contribution in [1.29, 1.82) is 0 Å². The number of carbonyl (C=O) groups excluding carboxylic acids is 2. The van der Waals surface area contributed by atoms with Crippen LogP contribution >= 0.6 is 0 Å². The molecule has 1 unspecified atom stereocenters. The SMILES string of the molecule is NC(=O)c1ccc(N2CCCCC2)c(NC(=O)CCC2CCNC2)c1. The number of anilines is 2. The molecule has 3 rings (SSSR count). The molecule has 0 spiro atoms. The summed E-state index contributed by atoms with van der Waals surface area (Å²) in [5.41, 5.74) is 7.53. The predicted octanol–water partition coefficient (Wildman–Crippen LogP) is 2.10. The van der Waals surface area contributed by atoms with Crippen LogP contribution in [-0.2, 0) is 4.79 Å². The lowest BCUT2D eigenvalue weighted by molar-refractivity contribution is -0.116. The lowest BCUT2D eigenvalue weighted by Crippen LogP contribution is -2.30. The fraction of sp³-hybridized carbons (Fsp3) is 0.579. The van der Waals surface area contributed by atoms with Gasteiger partial charge >= 0.3 is 0 Å². The number of hydrogen-bond acceptors (Lipinski definition) is 4. The zero-order valence-corrected chi connectivity index (χ0v) is 14.7. The molecule has 2 heterocycles. The highest BCUT2D eigenvalue weighted by Gasteiger charge is 2.19. The number of nitrogens with zero attached hydrogens (tertiary/aromatic N) is 1. The Hall–Kier alpha value is -2.08. The molecular formula is C19H28N4O2. The van der Waals surface area contributed by atoms with Crippen LogP contribution in [-0.4, -0.2) is 38.0 Å². The first-order chi connectivity index (χ1) is 12.1. The molecule has 4 N–H and O–H groups in total. The topological polar surface area (TPSA) is 87.5 Å². The lowest BCUT2D eigenvalue weighted by Gasteiger charge is -2.30. The molecule has 6 heteroatoms. The molecule has 2 aliphatic heterocycles. The summed E-state index contributed by atoms with van der Waals surface area (Å²) in [4.78, 5) is 26.2. The molecule has 0 saturated carbocycles. The van der Waals surface area contributed by atoms with Gasteiger partial charge in [-0.2, -0.15) is 0 Å². The Kier molecular flexibility index (Phi) is 5.91. The molecule has 0 bridgehead atoms. The third-order valence-corrected chi connectivity index (χ3v) is 5.19. The Morgan fingerprint density at radius 3 is 2.72 bits per heavy atom. The smallest absolute Gasteiger partial charge is 0.248 e. The van der Waals surface area contributed by atoms with Crippen LogP contribution in [0.4, 0.5) is 11.4 Å². The summed E-state index contributed by atoms with van der Waals surface area (Å²) in [7, 11) is 0. The van der Waals surface area contributed by atoms with Gasteiger partial charge in [0, 0.05) is 25.1 Å². The van der Waals surface area contributed by atoms with Crippen LogP contribution in [0.2, 0.25) is 0 Å². The summed E-state index contributed by atoms with van der Waals surface area (Å²) < 4.78 is 0. The van der Waals surface area contributed by atoms with E-state index in [9.17, 15) is 9.59 Å². The van der Waals surface area contributed by atoms with Crippen LogP contribution in [0, 0.1) is 5.92 Å². The maximum atomic E-state index is 12.4. The largest absolute Gasteiger partial charge is 0.370 e. The second-order valence-corrected chi connectivity index (χ2v) is 7.09. The highest BCUT2D eigenvalue weighted by molar-refractivity contribution is 5.99. The lowest BCUT2D eigenvalue weighted by atomic mass is 10.0. The van der Waals surface area contributed by atoms with Crippen molar-refractivity contribution in [2.45, 2.75) is 38.5 Å². The molecule has 136 valence electrons. The molecule has 2 fully saturated rings. The third-order valence-electron chi connectivity index (χ3n) is 5.19. The summed E-state index contributed by atoms with van der Waals surface area (Å²) in [5.74, 6) is 0.119. The minimum atomic E-state index is -0.474. The zero-order valence-electron chi connectivity index (χ0n) is 14.7. The minimum Gasteiger partial charge on any atom is -0.370 e. The van der Waals surface area contributed by atoms with E-state index < -0.39 is 5.91 Å². The molecule has 1 atom stereocenters. The molecule has 25 heavy (non-hydrogen) atoms. The van der Waals surface area contributed by atoms with Crippen LogP contribution in [0.25, 0.3) is 0 Å². The van der Waals surface area contributed by atoms with E-state index in [-0.39, 0.29) is 5.91 Å². The molecule has 0 radical (unpaired) electrons. The van der Waals surface area contributed by atoms with Crippen LogP contribution in [0.1, 0.15) is 48.9 Å². The van der Waals surface area contributed by atoms with Gasteiger partial charge in [0.2, 0.25) is 11.8 Å². The first-order valence-electron chi connectivity index (χ1n) is 9.33. The maximum absolute atomic E-state index is 12.4. The molecular weight excluding hydrogens is 316 g/mol. The van der Waals surface area contributed by atoms with Gasteiger partial charge in [0.25, 0.3) is 0 Å². The van der Waals surface area contributed by atoms with E-state index in [0.29, 0.717) is 23.6 Å². The van der Waals surface area contributed by atoms with Gasteiger partial charge in [-0.15, -0.1) is 0 Å². The zero-order chi connectivity index (χ0) is 17.6. The summed E-state index contributed by atoms with van der Waals surface area (Å²) in [5, 5.41) is 6.35. The van der Waals surface area contributed by atoms with Crippen LogP contribution in [0.5, 0.6) is 0 Å². The van der Waals surface area contributed by atoms with Gasteiger partial charge in [-0.3, -0.25) is 9.59 Å². The molecule has 2 amide bonds. The molecule has 1 aromatic rings. The van der Waals surface area contributed by atoms with Crippen molar-refractivity contribution in [1.82, 2.24) is 5.32 Å². The van der Waals surface area contributed by atoms with Crippen molar-refractivity contribution in [3.05, 3.63) is 23.8 Å². The van der Waals surface area contributed by atoms with Gasteiger partial charge in [0.15, 0.2) is 0 Å². The number of hydrogen-bond donors (Lipinski definition) is 3. The number of nitrogens with one attached hydrogen (secondary N) is 2. The molecule has 1 aromatic carbocycles. The molecule has 0 aliphatic carbocycles. The van der Waals surface area contributed by atoms with Gasteiger partial charge in [0.05, 0.1) is 11.4 Å². The Balaban J connectivity index is 1.70. The Morgan fingerprint density at radius 1 is 1.24 bits per heavy atom. The van der Waals surface area contributed by atoms with Gasteiger partial charge in [-0.05, 0) is 69.3 Å². The van der Waals surface area contributed by atoms with Crippen molar-refractivity contribution in [2.24, 2.45) is 11.7 Å². The molecule has 6 nitrogen and oxygen atoms in total. The summed E-state index contributed by atoms with van der Waals surface area (Å²) in [6.45, 7) is 4.01. The Bertz CT molecular complexity index is 620. The molecule has 2 aliphatic rings. The average molecular weight is 344 g/mol. The molecule has 0 aromatic heterocycles. The van der Waals surface area contributed by atoms with E-state index >= 15 is 0 Å². The number of amides is 2. The summed E-state index contributed by atoms with van der Waals surface area (Å²) >= 11 is 0. The summed E-state index contributed by atoms with van der Waals surface area (Å²) in [6.07, 6.45) is 6.09. The number of nitrogens with two attached hydrogens (primary N) is 1. The van der Waals surface area contributed by atoms with Crippen molar-refractivity contribution in [2.75, 3.05) is 36.4 Å². The van der Waals surface area contributed by atoms with Crippen LogP contribution in [0.3, 0.4) is 0 Å². The highest BCUT2D eigenvalue weighted by Crippen LogP contribution is 2.30. The van der Waals surface area contributed by atoms with Gasteiger partial charge in [-0.1, -0.05) is 0 Å². The molecule has 2 saturated heterocycles. The van der Waals surface area contributed by atoms with E-state index in [1.807, 2.05) is 6.07 Å². The minimum absolute atomic E-state index is 0.00628. The van der Waals surface area contributed by atoms with Crippen molar-refractivity contribution < 1.29 is 9.59 Å². The van der Waals surface area contributed by atoms with Crippen molar-refractivity contribution in [3.63, 3.8) is 0 Å².